The minimum atomic E-state index is -2.61. The van der Waals surface area contributed by atoms with Crippen LogP contribution in [0.1, 0.15) is 59.2 Å². The van der Waals surface area contributed by atoms with E-state index in [0.29, 0.717) is 50.3 Å². The Morgan fingerprint density at radius 2 is 1.80 bits per heavy atom. The molecular formula is C27H28F2N2O4. The lowest BCUT2D eigenvalue weighted by atomic mass is 9.92. The number of hydrogen-bond acceptors (Lipinski definition) is 5. The highest BCUT2D eigenvalue weighted by molar-refractivity contribution is 6.07. The van der Waals surface area contributed by atoms with Gasteiger partial charge in [-0.1, -0.05) is 30.3 Å². The number of piperidine rings is 1. The third kappa shape index (κ3) is 5.12. The molecule has 0 aromatic heterocycles. The van der Waals surface area contributed by atoms with Gasteiger partial charge in [0.05, 0.1) is 25.6 Å². The minimum absolute atomic E-state index is 0.0387. The lowest BCUT2D eigenvalue weighted by molar-refractivity contribution is -0.133. The number of benzene rings is 2. The SMILES string of the molecule is O=C1CCC(N2Cc3c(OCc4ccc(CN5CCCC(F)(F)C5)cc4)cccc3C2=O)C(=O)C1. The topological polar surface area (TPSA) is 66.9 Å². The lowest BCUT2D eigenvalue weighted by Gasteiger charge is -2.32. The van der Waals surface area contributed by atoms with E-state index < -0.39 is 12.0 Å². The number of alkyl halides is 2. The molecule has 35 heavy (non-hydrogen) atoms. The van der Waals surface area contributed by atoms with Crippen molar-refractivity contribution in [2.45, 2.75) is 63.8 Å². The summed E-state index contributed by atoms with van der Waals surface area (Å²) in [5.74, 6) is -2.48. The van der Waals surface area contributed by atoms with Gasteiger partial charge in [0.1, 0.15) is 18.1 Å². The van der Waals surface area contributed by atoms with Crippen molar-refractivity contribution in [1.82, 2.24) is 9.80 Å². The minimum Gasteiger partial charge on any atom is -0.489 e. The normalized spacial score (nSPS) is 22.4. The molecule has 1 amide bonds. The van der Waals surface area contributed by atoms with Gasteiger partial charge in [0, 0.05) is 30.5 Å². The van der Waals surface area contributed by atoms with Gasteiger partial charge in [-0.3, -0.25) is 19.3 Å². The molecule has 2 heterocycles. The summed E-state index contributed by atoms with van der Waals surface area (Å²) in [5, 5.41) is 0. The number of hydrogen-bond donors (Lipinski definition) is 0. The first-order chi connectivity index (χ1) is 16.8. The third-order valence-corrected chi connectivity index (χ3v) is 7.06. The van der Waals surface area contributed by atoms with Gasteiger partial charge in [0.15, 0.2) is 5.78 Å². The Bertz CT molecular complexity index is 1150. The average molecular weight is 483 g/mol. The molecule has 1 saturated heterocycles. The fourth-order valence-corrected chi connectivity index (χ4v) is 5.24. The summed E-state index contributed by atoms with van der Waals surface area (Å²) in [6.07, 6.45) is 1.05. The fraction of sp³-hybridized carbons (Fsp3) is 0.444. The van der Waals surface area contributed by atoms with Crippen molar-refractivity contribution >= 4 is 17.5 Å². The second-order valence-corrected chi connectivity index (χ2v) is 9.73. The maximum Gasteiger partial charge on any atom is 0.260 e. The summed E-state index contributed by atoms with van der Waals surface area (Å²) in [4.78, 5) is 40.3. The second-order valence-electron chi connectivity index (χ2n) is 9.73. The van der Waals surface area contributed by atoms with Crippen molar-refractivity contribution in [2.24, 2.45) is 0 Å². The van der Waals surface area contributed by atoms with Crippen molar-refractivity contribution in [3.8, 4) is 5.75 Å². The van der Waals surface area contributed by atoms with Crippen molar-refractivity contribution in [1.29, 1.82) is 0 Å². The highest BCUT2D eigenvalue weighted by Crippen LogP contribution is 2.34. The molecule has 184 valence electrons. The zero-order valence-electron chi connectivity index (χ0n) is 19.5. The third-order valence-electron chi connectivity index (χ3n) is 7.06. The van der Waals surface area contributed by atoms with Crippen LogP contribution in [-0.4, -0.2) is 52.3 Å². The number of carbonyl (C=O) groups excluding carboxylic acids is 3. The first-order valence-electron chi connectivity index (χ1n) is 12.1. The summed E-state index contributed by atoms with van der Waals surface area (Å²) in [5.41, 5.74) is 3.19. The van der Waals surface area contributed by atoms with E-state index in [0.717, 1.165) is 16.7 Å². The van der Waals surface area contributed by atoms with Crippen LogP contribution in [-0.2, 0) is 29.3 Å². The van der Waals surface area contributed by atoms with Gasteiger partial charge < -0.3 is 9.64 Å². The molecule has 0 radical (unpaired) electrons. The van der Waals surface area contributed by atoms with Crippen LogP contribution in [0.15, 0.2) is 42.5 Å². The number of rotatable bonds is 6. The van der Waals surface area contributed by atoms with Crippen LogP contribution in [0.2, 0.25) is 0 Å². The predicted molar refractivity (Wildman–Crippen MR) is 124 cm³/mol. The van der Waals surface area contributed by atoms with Gasteiger partial charge >= 0.3 is 0 Å². The van der Waals surface area contributed by atoms with Crippen molar-refractivity contribution in [2.75, 3.05) is 13.1 Å². The molecule has 2 aromatic rings. The van der Waals surface area contributed by atoms with E-state index >= 15 is 0 Å². The molecule has 1 unspecified atom stereocenters. The highest BCUT2D eigenvalue weighted by atomic mass is 19.3. The predicted octanol–water partition coefficient (Wildman–Crippen LogP) is 4.14. The van der Waals surface area contributed by atoms with Gasteiger partial charge in [0.25, 0.3) is 11.8 Å². The molecule has 1 saturated carbocycles. The summed E-state index contributed by atoms with van der Waals surface area (Å²) < 4.78 is 33.4. The van der Waals surface area contributed by atoms with Crippen LogP contribution in [0.25, 0.3) is 0 Å². The largest absolute Gasteiger partial charge is 0.489 e. The van der Waals surface area contributed by atoms with Crippen molar-refractivity contribution < 1.29 is 27.9 Å². The van der Waals surface area contributed by atoms with Crippen molar-refractivity contribution in [3.05, 3.63) is 64.7 Å². The van der Waals surface area contributed by atoms with Crippen molar-refractivity contribution in [3.63, 3.8) is 0 Å². The molecule has 8 heteroatoms. The van der Waals surface area contributed by atoms with E-state index in [4.69, 9.17) is 4.74 Å². The molecule has 0 bridgehead atoms. The van der Waals surface area contributed by atoms with E-state index in [-0.39, 0.29) is 43.4 Å². The van der Waals surface area contributed by atoms with Gasteiger partial charge in [0.2, 0.25) is 0 Å². The zero-order valence-corrected chi connectivity index (χ0v) is 19.5. The number of ketones is 2. The number of fused-ring (bicyclic) bond motifs is 1. The fourth-order valence-electron chi connectivity index (χ4n) is 5.24. The molecule has 1 atom stereocenters. The van der Waals surface area contributed by atoms with Crippen LogP contribution in [0.3, 0.4) is 0 Å². The summed E-state index contributed by atoms with van der Waals surface area (Å²) in [6, 6.07) is 12.5. The first kappa shape index (κ1) is 23.6. The van der Waals surface area contributed by atoms with Crippen LogP contribution in [0.4, 0.5) is 8.78 Å². The smallest absolute Gasteiger partial charge is 0.260 e. The number of carbonyl (C=O) groups is 3. The molecule has 0 spiro atoms. The number of Topliss-reactive ketones (excluding diaryl/α,β-unsaturated/α-hetero) is 2. The van der Waals surface area contributed by atoms with Gasteiger partial charge in [-0.25, -0.2) is 8.78 Å². The molecule has 1 aliphatic carbocycles. The molecule has 0 N–H and O–H groups in total. The van der Waals surface area contributed by atoms with Crippen LogP contribution >= 0.6 is 0 Å². The Labute approximate surface area is 202 Å². The number of ether oxygens (including phenoxy) is 1. The number of halogens is 2. The molecular weight excluding hydrogens is 454 g/mol. The maximum atomic E-state index is 13.7. The Morgan fingerprint density at radius 3 is 2.54 bits per heavy atom. The molecule has 2 aromatic carbocycles. The summed E-state index contributed by atoms with van der Waals surface area (Å²) in [6.45, 7) is 1.55. The Kier molecular flexibility index (Phi) is 6.40. The molecule has 6 nitrogen and oxygen atoms in total. The summed E-state index contributed by atoms with van der Waals surface area (Å²) in [7, 11) is 0. The Hall–Kier alpha value is -3.13. The van der Waals surface area contributed by atoms with Gasteiger partial charge in [-0.05, 0) is 42.6 Å². The Morgan fingerprint density at radius 1 is 1.03 bits per heavy atom. The van der Waals surface area contributed by atoms with E-state index in [1.165, 1.54) is 0 Å². The Balaban J connectivity index is 1.22. The molecule has 2 aliphatic heterocycles. The van der Waals surface area contributed by atoms with E-state index in [1.54, 1.807) is 21.9 Å². The van der Waals surface area contributed by atoms with E-state index in [1.807, 2.05) is 30.3 Å². The highest BCUT2D eigenvalue weighted by Gasteiger charge is 2.40. The maximum absolute atomic E-state index is 13.7. The summed E-state index contributed by atoms with van der Waals surface area (Å²) >= 11 is 0. The van der Waals surface area contributed by atoms with Crippen LogP contribution in [0, 0.1) is 0 Å². The van der Waals surface area contributed by atoms with E-state index in [2.05, 4.69) is 0 Å². The standard InChI is InChI=1S/C27H28F2N2O4/c28-27(29)11-2-12-30(17-27)14-18-5-7-19(8-6-18)16-35-25-4-1-3-21-22(25)15-31(26(21)34)23-10-9-20(32)13-24(23)33/h1,3-8,23H,2,9-17H2. The zero-order chi connectivity index (χ0) is 24.6. The van der Waals surface area contributed by atoms with Gasteiger partial charge in [-0.15, -0.1) is 0 Å². The number of amides is 1. The average Bonchev–Trinajstić information content (AvgIpc) is 3.15. The monoisotopic (exact) mass is 482 g/mol. The second kappa shape index (κ2) is 9.49. The first-order valence-corrected chi connectivity index (χ1v) is 12.1. The van der Waals surface area contributed by atoms with E-state index in [9.17, 15) is 23.2 Å². The van der Waals surface area contributed by atoms with Crippen LogP contribution in [0.5, 0.6) is 5.75 Å². The van der Waals surface area contributed by atoms with Gasteiger partial charge in [-0.2, -0.15) is 0 Å². The quantitative estimate of drug-likeness (QED) is 0.579. The molecule has 5 rings (SSSR count). The lowest BCUT2D eigenvalue weighted by Crippen LogP contribution is -2.44. The molecule has 3 aliphatic rings. The van der Waals surface area contributed by atoms with Crippen LogP contribution < -0.4 is 4.74 Å². The number of likely N-dealkylation sites (tertiary alicyclic amines) is 1. The molecule has 2 fully saturated rings. The number of nitrogens with zero attached hydrogens (tertiary/aromatic N) is 2.